The lowest BCUT2D eigenvalue weighted by Gasteiger charge is -2.28. The van der Waals surface area contributed by atoms with Gasteiger partial charge in [0.25, 0.3) is 10.1 Å². The van der Waals surface area contributed by atoms with Gasteiger partial charge in [0.15, 0.2) is 24.6 Å². The lowest BCUT2D eigenvalue weighted by atomic mass is 10.1. The van der Waals surface area contributed by atoms with Crippen LogP contribution >= 0.6 is 0 Å². The zero-order valence-corrected chi connectivity index (χ0v) is 22.0. The second-order valence-electron chi connectivity index (χ2n) is 8.77. The van der Waals surface area contributed by atoms with Crippen LogP contribution in [0.15, 0.2) is 91.0 Å². The molecule has 1 saturated heterocycles. The quantitative estimate of drug-likeness (QED) is 0.217. The highest BCUT2D eigenvalue weighted by molar-refractivity contribution is 7.86. The molecule has 1 fully saturated rings. The Bertz CT molecular complexity index is 1410. The fourth-order valence-electron chi connectivity index (χ4n) is 3.96. The number of esters is 3. The van der Waals surface area contributed by atoms with Gasteiger partial charge < -0.3 is 24.1 Å². The Morgan fingerprint density at radius 1 is 0.775 bits per heavy atom. The molecule has 5 atom stereocenters. The number of carbonyl (C=O) groups is 3. The highest BCUT2D eigenvalue weighted by Gasteiger charge is 2.53. The highest BCUT2D eigenvalue weighted by atomic mass is 32.2. The van der Waals surface area contributed by atoms with Crippen LogP contribution in [0.25, 0.3) is 0 Å². The van der Waals surface area contributed by atoms with Gasteiger partial charge in [-0.15, -0.1) is 0 Å². The first-order valence-electron chi connectivity index (χ1n) is 12.1. The van der Waals surface area contributed by atoms with Crippen molar-refractivity contribution in [3.8, 4) is 0 Å². The number of hydrogen-bond donors (Lipinski definition) is 1. The van der Waals surface area contributed by atoms with Gasteiger partial charge in [0.05, 0.1) is 22.9 Å². The molecule has 1 aliphatic heterocycles. The third kappa shape index (κ3) is 7.51. The third-order valence-corrected chi connectivity index (χ3v) is 6.36. The largest absolute Gasteiger partial charge is 0.458 e. The summed E-state index contributed by atoms with van der Waals surface area (Å²) in [5.41, 5.74) is 0.490. The Morgan fingerprint density at radius 3 is 1.75 bits per heavy atom. The molecule has 3 aromatic carbocycles. The number of ether oxygens (including phenoxy) is 4. The molecule has 1 heterocycles. The van der Waals surface area contributed by atoms with Gasteiger partial charge in [-0.2, -0.15) is 8.42 Å². The van der Waals surface area contributed by atoms with E-state index in [2.05, 4.69) is 0 Å². The number of hydrogen-bond acceptors (Lipinski definition) is 11. The predicted octanol–water partition coefficient (Wildman–Crippen LogP) is 2.36. The molecule has 11 nitrogen and oxygen atoms in total. The van der Waals surface area contributed by atoms with E-state index in [1.165, 1.54) is 36.4 Å². The zero-order chi connectivity index (χ0) is 28.7. The van der Waals surface area contributed by atoms with Gasteiger partial charge in [-0.1, -0.05) is 54.6 Å². The normalized spacial score (nSPS) is 21.2. The van der Waals surface area contributed by atoms with E-state index in [0.717, 1.165) is 6.26 Å². The first-order valence-corrected chi connectivity index (χ1v) is 13.9. The molecule has 40 heavy (non-hydrogen) atoms. The first-order chi connectivity index (χ1) is 19.1. The molecule has 1 N–H and O–H groups in total. The summed E-state index contributed by atoms with van der Waals surface area (Å²) in [5, 5.41) is 10.6. The maximum atomic E-state index is 13.0. The minimum absolute atomic E-state index is 0.120. The number of carbonyl (C=O) groups excluding carboxylic acids is 3. The molecular formula is C28H26O11S. The number of benzene rings is 3. The highest BCUT2D eigenvalue weighted by Crippen LogP contribution is 2.31. The zero-order valence-electron chi connectivity index (χ0n) is 21.2. The van der Waals surface area contributed by atoms with Crippen molar-refractivity contribution in [3.63, 3.8) is 0 Å². The summed E-state index contributed by atoms with van der Waals surface area (Å²) >= 11 is 0. The number of aliphatic hydroxyl groups is 1. The maximum Gasteiger partial charge on any atom is 0.338 e. The van der Waals surface area contributed by atoms with Crippen molar-refractivity contribution in [2.75, 3.05) is 12.9 Å². The molecule has 0 bridgehead atoms. The molecule has 0 radical (unpaired) electrons. The van der Waals surface area contributed by atoms with E-state index in [9.17, 15) is 27.9 Å². The van der Waals surface area contributed by atoms with Gasteiger partial charge in [0.1, 0.15) is 12.7 Å². The Kier molecular flexibility index (Phi) is 9.27. The fraction of sp³-hybridized carbons (Fsp3) is 0.250. The monoisotopic (exact) mass is 570 g/mol. The van der Waals surface area contributed by atoms with Crippen LogP contribution in [0.5, 0.6) is 0 Å². The van der Waals surface area contributed by atoms with Gasteiger partial charge in [-0.25, -0.2) is 14.4 Å². The summed E-state index contributed by atoms with van der Waals surface area (Å²) in [6.45, 7) is -0.589. The van der Waals surface area contributed by atoms with Crippen molar-refractivity contribution in [2.45, 2.75) is 30.7 Å². The SMILES string of the molecule is CS(=O)(=O)O[C@@H]1[C@H](OC(=O)c2ccccc2)[C@H]([C@@H](COC(=O)c2ccccc2)OC(=O)c2ccccc2)O[C@@H]1O. The van der Waals surface area contributed by atoms with Gasteiger partial charge in [-0.05, 0) is 36.4 Å². The minimum atomic E-state index is -4.18. The van der Waals surface area contributed by atoms with Crippen molar-refractivity contribution in [1.82, 2.24) is 0 Å². The Hall–Kier alpha value is -4.10. The van der Waals surface area contributed by atoms with E-state index in [-0.39, 0.29) is 16.7 Å². The lowest BCUT2D eigenvalue weighted by molar-refractivity contribution is -0.149. The van der Waals surface area contributed by atoms with Crippen LogP contribution in [-0.2, 0) is 33.2 Å². The van der Waals surface area contributed by atoms with E-state index in [1.807, 2.05) is 0 Å². The average Bonchev–Trinajstić information content (AvgIpc) is 3.25. The summed E-state index contributed by atoms with van der Waals surface area (Å²) in [5.74, 6) is -2.47. The molecule has 12 heteroatoms. The van der Waals surface area contributed by atoms with E-state index in [1.54, 1.807) is 54.6 Å². The van der Waals surface area contributed by atoms with Crippen molar-refractivity contribution in [2.24, 2.45) is 0 Å². The van der Waals surface area contributed by atoms with Crippen molar-refractivity contribution in [3.05, 3.63) is 108 Å². The van der Waals surface area contributed by atoms with Gasteiger partial charge in [-0.3, -0.25) is 4.18 Å². The van der Waals surface area contributed by atoms with E-state index in [0.29, 0.717) is 0 Å². The third-order valence-electron chi connectivity index (χ3n) is 5.79. The molecule has 3 aromatic rings. The lowest BCUT2D eigenvalue weighted by Crippen LogP contribution is -2.47. The van der Waals surface area contributed by atoms with Gasteiger partial charge in [0, 0.05) is 0 Å². The van der Waals surface area contributed by atoms with Gasteiger partial charge >= 0.3 is 17.9 Å². The van der Waals surface area contributed by atoms with Crippen LogP contribution in [-0.4, -0.2) is 75.0 Å². The molecule has 0 spiro atoms. The van der Waals surface area contributed by atoms with Crippen LogP contribution < -0.4 is 0 Å². The molecule has 0 aliphatic carbocycles. The summed E-state index contributed by atoms with van der Waals surface area (Å²) in [6, 6.07) is 23.7. The molecule has 0 unspecified atom stereocenters. The van der Waals surface area contributed by atoms with E-state index < -0.39 is 65.3 Å². The maximum absolute atomic E-state index is 13.0. The Balaban J connectivity index is 1.64. The number of aliphatic hydroxyl groups excluding tert-OH is 1. The summed E-state index contributed by atoms with van der Waals surface area (Å²) in [4.78, 5) is 38.5. The van der Waals surface area contributed by atoms with E-state index >= 15 is 0 Å². The van der Waals surface area contributed by atoms with Crippen molar-refractivity contribution >= 4 is 28.0 Å². The molecule has 210 valence electrons. The second-order valence-corrected chi connectivity index (χ2v) is 10.4. The van der Waals surface area contributed by atoms with Gasteiger partial charge in [0.2, 0.25) is 0 Å². The van der Waals surface area contributed by atoms with Crippen LogP contribution in [0, 0.1) is 0 Å². The molecule has 0 saturated carbocycles. The Morgan fingerprint density at radius 2 is 1.25 bits per heavy atom. The second kappa shape index (κ2) is 12.8. The average molecular weight is 571 g/mol. The fourth-order valence-corrected chi connectivity index (χ4v) is 4.57. The molecule has 4 rings (SSSR count). The molecule has 1 aliphatic rings. The summed E-state index contributed by atoms with van der Waals surface area (Å²) in [7, 11) is -4.18. The molecule has 0 amide bonds. The molecule has 0 aromatic heterocycles. The summed E-state index contributed by atoms with van der Waals surface area (Å²) < 4.78 is 51.0. The minimum Gasteiger partial charge on any atom is -0.458 e. The molecular weight excluding hydrogens is 544 g/mol. The van der Waals surface area contributed by atoms with Crippen LogP contribution in [0.4, 0.5) is 0 Å². The van der Waals surface area contributed by atoms with Crippen LogP contribution in [0.2, 0.25) is 0 Å². The van der Waals surface area contributed by atoms with Crippen molar-refractivity contribution < 1.29 is 51.0 Å². The topological polar surface area (TPSA) is 152 Å². The van der Waals surface area contributed by atoms with Crippen LogP contribution in [0.1, 0.15) is 31.1 Å². The summed E-state index contributed by atoms with van der Waals surface area (Å²) in [6.07, 6.45) is -7.42. The first kappa shape index (κ1) is 28.9. The predicted molar refractivity (Wildman–Crippen MR) is 139 cm³/mol. The number of rotatable bonds is 10. The van der Waals surface area contributed by atoms with E-state index in [4.69, 9.17) is 23.1 Å². The van der Waals surface area contributed by atoms with Crippen LogP contribution in [0.3, 0.4) is 0 Å². The van der Waals surface area contributed by atoms with Crippen molar-refractivity contribution in [1.29, 1.82) is 0 Å². The Labute approximate surface area is 230 Å². The smallest absolute Gasteiger partial charge is 0.338 e. The standard InChI is InChI=1S/C28H26O11S/c1-40(33,34)39-24-23(38-27(31)20-15-9-4-10-16-20)22(37-28(24)32)21(36-26(30)19-13-7-3-8-14-19)17-35-25(29)18-11-5-2-6-12-18/h2-16,21-24,28,32H,17H2,1H3/t21-,22+,23-,24-,28+/m1/s1.